The third-order valence-corrected chi connectivity index (χ3v) is 16.8. The molecule has 3 saturated heterocycles. The summed E-state index contributed by atoms with van der Waals surface area (Å²) in [6, 6.07) is -0.984. The molecule has 3 fully saturated rings. The summed E-state index contributed by atoms with van der Waals surface area (Å²) in [5.41, 5.74) is 0. The molecule has 17 atom stereocenters. The molecular weight excluding hydrogens is 1070 g/mol. The van der Waals surface area contributed by atoms with Crippen LogP contribution >= 0.6 is 0 Å². The van der Waals surface area contributed by atoms with Crippen LogP contribution in [0.2, 0.25) is 0 Å². The lowest BCUT2D eigenvalue weighted by Crippen LogP contribution is -2.66. The highest BCUT2D eigenvalue weighted by Gasteiger charge is 2.53. The number of carbonyl (C=O) groups excluding carboxylic acids is 1. The third-order valence-electron chi connectivity index (χ3n) is 16.8. The number of aliphatic hydroxyl groups is 11. The van der Waals surface area contributed by atoms with Crippen molar-refractivity contribution in [1.29, 1.82) is 0 Å². The summed E-state index contributed by atoms with van der Waals surface area (Å²) >= 11 is 0. The molecule has 0 aromatic carbocycles. The summed E-state index contributed by atoms with van der Waals surface area (Å²) < 4.78 is 34.2. The van der Waals surface area contributed by atoms with E-state index in [2.05, 4.69) is 31.3 Å². The largest absolute Gasteiger partial charge is 0.394 e. The Kier molecular flexibility index (Phi) is 43.0. The molecule has 83 heavy (non-hydrogen) atoms. The summed E-state index contributed by atoms with van der Waals surface area (Å²) in [6.07, 6.45) is 24.9. The number of rotatable bonds is 50. The lowest BCUT2D eigenvalue weighted by Gasteiger charge is -2.48. The van der Waals surface area contributed by atoms with Crippen molar-refractivity contribution in [2.75, 3.05) is 26.4 Å². The van der Waals surface area contributed by atoms with Gasteiger partial charge in [-0.1, -0.05) is 231 Å². The van der Waals surface area contributed by atoms with E-state index in [-0.39, 0.29) is 18.9 Å². The van der Waals surface area contributed by atoms with Crippen LogP contribution in [0.4, 0.5) is 0 Å². The Morgan fingerprint density at radius 1 is 0.422 bits per heavy atom. The molecule has 0 bridgehead atoms. The van der Waals surface area contributed by atoms with Gasteiger partial charge in [0.2, 0.25) is 5.91 Å². The number of hydrogen-bond acceptors (Lipinski definition) is 18. The summed E-state index contributed by atoms with van der Waals surface area (Å²) in [5, 5.41) is 120. The normalized spacial score (nSPS) is 29.5. The summed E-state index contributed by atoms with van der Waals surface area (Å²) in [6.45, 7) is 1.68. The molecule has 12 N–H and O–H groups in total. The minimum atomic E-state index is -1.98. The minimum absolute atomic E-state index is 0.240. The number of unbranched alkanes of at least 4 members (excludes halogenated alkanes) is 32. The smallest absolute Gasteiger partial charge is 0.220 e. The molecule has 1 amide bonds. The summed E-state index contributed by atoms with van der Waals surface area (Å²) in [7, 11) is 0. The maximum absolute atomic E-state index is 13.3. The zero-order chi connectivity index (χ0) is 60.5. The number of carbonyl (C=O) groups is 1. The highest BCUT2D eigenvalue weighted by atomic mass is 16.8. The minimum Gasteiger partial charge on any atom is -0.394 e. The number of amides is 1. The van der Waals surface area contributed by atoms with Gasteiger partial charge < -0.3 is 89.9 Å². The van der Waals surface area contributed by atoms with Gasteiger partial charge in [-0.2, -0.15) is 0 Å². The first-order valence-electron chi connectivity index (χ1n) is 33.1. The fraction of sp³-hybridized carbons (Fsp3) is 0.922. The van der Waals surface area contributed by atoms with Gasteiger partial charge in [-0.3, -0.25) is 4.79 Å². The van der Waals surface area contributed by atoms with Crippen molar-refractivity contribution in [3.8, 4) is 0 Å². The second kappa shape index (κ2) is 47.3. The molecule has 19 heteroatoms. The van der Waals surface area contributed by atoms with Crippen LogP contribution in [0.25, 0.3) is 0 Å². The lowest BCUT2D eigenvalue weighted by molar-refractivity contribution is -0.379. The van der Waals surface area contributed by atoms with Crippen molar-refractivity contribution in [2.45, 2.75) is 349 Å². The van der Waals surface area contributed by atoms with E-state index in [1.807, 2.05) is 6.08 Å². The maximum atomic E-state index is 13.3. The van der Waals surface area contributed by atoms with E-state index in [4.69, 9.17) is 28.4 Å². The predicted molar refractivity (Wildman–Crippen MR) is 319 cm³/mol. The van der Waals surface area contributed by atoms with Gasteiger partial charge in [0.15, 0.2) is 18.9 Å². The molecule has 3 aliphatic rings. The molecule has 17 unspecified atom stereocenters. The number of allylic oxidation sites excluding steroid dienone is 3. The Morgan fingerprint density at radius 2 is 0.771 bits per heavy atom. The fourth-order valence-electron chi connectivity index (χ4n) is 11.3. The number of hydrogen-bond donors (Lipinski definition) is 12. The van der Waals surface area contributed by atoms with Crippen molar-refractivity contribution < 1.29 is 89.4 Å². The molecular formula is C64H119NO18. The van der Waals surface area contributed by atoms with Crippen LogP contribution in [-0.2, 0) is 33.2 Å². The molecule has 0 aromatic heterocycles. The first-order chi connectivity index (χ1) is 40.3. The van der Waals surface area contributed by atoms with E-state index < -0.39 is 124 Å². The van der Waals surface area contributed by atoms with Crippen LogP contribution in [0.1, 0.15) is 245 Å². The van der Waals surface area contributed by atoms with E-state index >= 15 is 0 Å². The molecule has 19 nitrogen and oxygen atoms in total. The molecule has 3 heterocycles. The standard InChI is InChI=1S/C64H119NO18/c1-3-5-7-9-11-13-15-16-17-18-19-20-21-22-23-24-25-26-27-28-29-30-31-32-34-36-38-40-42-52(70)65-47(48(69)41-39-37-35-33-14-12-10-8-6-4-2)46-78-62-58(76)55(73)60(50(44-67)80-62)83-64-59(77)56(74)61(51(45-68)81-64)82-63-57(75)54(72)53(71)49(43-66)79-63/h14,33,39,41,47-51,53-64,66-69,71-77H,3-13,15-32,34-38,40,42-46H2,1-2H3,(H,65,70)/b33-14+,41-39+. The fourth-order valence-corrected chi connectivity index (χ4v) is 11.3. The van der Waals surface area contributed by atoms with E-state index in [9.17, 15) is 61.0 Å². The van der Waals surface area contributed by atoms with Gasteiger partial charge in [0.1, 0.15) is 73.2 Å². The zero-order valence-electron chi connectivity index (χ0n) is 51.2. The van der Waals surface area contributed by atoms with Crippen molar-refractivity contribution in [1.82, 2.24) is 5.32 Å². The Balaban J connectivity index is 1.38. The average Bonchev–Trinajstić information content (AvgIpc) is 3.68. The van der Waals surface area contributed by atoms with E-state index in [0.29, 0.717) is 12.8 Å². The van der Waals surface area contributed by atoms with Crippen molar-refractivity contribution in [2.24, 2.45) is 0 Å². The topological polar surface area (TPSA) is 307 Å². The monoisotopic (exact) mass is 1190 g/mol. The maximum Gasteiger partial charge on any atom is 0.220 e. The molecule has 3 aliphatic heterocycles. The van der Waals surface area contributed by atoms with Gasteiger partial charge in [0.25, 0.3) is 0 Å². The molecule has 0 aromatic rings. The van der Waals surface area contributed by atoms with Gasteiger partial charge in [-0.15, -0.1) is 0 Å². The first kappa shape index (κ1) is 75.5. The summed E-state index contributed by atoms with van der Waals surface area (Å²) in [5.74, 6) is -0.283. The Morgan fingerprint density at radius 3 is 1.20 bits per heavy atom. The van der Waals surface area contributed by atoms with E-state index in [1.165, 1.54) is 173 Å². The molecule has 0 radical (unpaired) electrons. The van der Waals surface area contributed by atoms with Gasteiger partial charge in [-0.05, 0) is 32.1 Å². The number of nitrogens with one attached hydrogen (secondary N) is 1. The highest BCUT2D eigenvalue weighted by Crippen LogP contribution is 2.33. The zero-order valence-corrected chi connectivity index (χ0v) is 51.2. The van der Waals surface area contributed by atoms with Gasteiger partial charge in [0.05, 0.1) is 38.6 Å². The van der Waals surface area contributed by atoms with Crippen LogP contribution < -0.4 is 5.32 Å². The number of aliphatic hydroxyl groups excluding tert-OH is 11. The van der Waals surface area contributed by atoms with Gasteiger partial charge in [0, 0.05) is 6.42 Å². The number of ether oxygens (including phenoxy) is 6. The molecule has 0 aliphatic carbocycles. The van der Waals surface area contributed by atoms with E-state index in [1.54, 1.807) is 6.08 Å². The second-order valence-electron chi connectivity index (χ2n) is 23.9. The van der Waals surface area contributed by atoms with Crippen LogP contribution in [0.3, 0.4) is 0 Å². The average molecular weight is 1190 g/mol. The van der Waals surface area contributed by atoms with Crippen molar-refractivity contribution >= 4 is 5.91 Å². The molecule has 488 valence electrons. The molecule has 0 saturated carbocycles. The molecule has 0 spiro atoms. The van der Waals surface area contributed by atoms with Crippen LogP contribution in [0.5, 0.6) is 0 Å². The first-order valence-corrected chi connectivity index (χ1v) is 33.1. The van der Waals surface area contributed by atoms with Crippen LogP contribution in [0, 0.1) is 0 Å². The van der Waals surface area contributed by atoms with Crippen LogP contribution in [-0.4, -0.2) is 193 Å². The van der Waals surface area contributed by atoms with Gasteiger partial charge >= 0.3 is 0 Å². The SMILES string of the molecule is CCCCCC/C=C/CC/C=C/C(O)C(COC1OC(CO)C(OC2OC(CO)C(OC3OC(CO)C(O)C(O)C3O)C(O)C2O)C(O)C1O)NC(=O)CCCCCCCCCCCCCCCCCCCCCCCCCCCCCC. The predicted octanol–water partition coefficient (Wildman–Crippen LogP) is 7.49. The lowest BCUT2D eigenvalue weighted by atomic mass is 9.96. The highest BCUT2D eigenvalue weighted by molar-refractivity contribution is 5.76. The van der Waals surface area contributed by atoms with Crippen molar-refractivity contribution in [3.05, 3.63) is 24.3 Å². The third kappa shape index (κ3) is 30.4. The van der Waals surface area contributed by atoms with Crippen molar-refractivity contribution in [3.63, 3.8) is 0 Å². The second-order valence-corrected chi connectivity index (χ2v) is 23.9. The Bertz CT molecular complexity index is 1610. The van der Waals surface area contributed by atoms with E-state index in [0.717, 1.165) is 38.5 Å². The van der Waals surface area contributed by atoms with Crippen LogP contribution in [0.15, 0.2) is 24.3 Å². The Hall–Kier alpha value is -1.73. The summed E-state index contributed by atoms with van der Waals surface area (Å²) in [4.78, 5) is 13.3. The molecule has 3 rings (SSSR count). The Labute approximate surface area is 498 Å². The van der Waals surface area contributed by atoms with Gasteiger partial charge in [-0.25, -0.2) is 0 Å². The quantitative estimate of drug-likeness (QED) is 0.0207.